The fraction of sp³-hybridized carbons (Fsp3) is 0.409. The molecule has 2 nitrogen and oxygen atoms in total. The molecule has 0 spiro atoms. The van der Waals surface area contributed by atoms with Crippen LogP contribution in [0.5, 0.6) is 0 Å². The van der Waals surface area contributed by atoms with Crippen LogP contribution in [0.1, 0.15) is 43.0 Å². The van der Waals surface area contributed by atoms with Crippen molar-refractivity contribution in [2.45, 2.75) is 48.5 Å². The molecule has 0 fully saturated rings. The SMILES string of the molecule is CC=CC(C=[N+](C)C)=C(C=C(C)C)Nc1cc(C)c(C)c(C)c1C. The maximum absolute atomic E-state index is 3.67. The molecule has 0 aliphatic carbocycles. The summed E-state index contributed by atoms with van der Waals surface area (Å²) in [5.41, 5.74) is 10.1. The number of hydrogen-bond acceptors (Lipinski definition) is 1. The van der Waals surface area contributed by atoms with Gasteiger partial charge in [-0.15, -0.1) is 0 Å². The van der Waals surface area contributed by atoms with Gasteiger partial charge in [-0.2, -0.15) is 0 Å². The van der Waals surface area contributed by atoms with Crippen LogP contribution in [0.25, 0.3) is 0 Å². The molecule has 0 atom stereocenters. The van der Waals surface area contributed by atoms with E-state index in [-0.39, 0.29) is 0 Å². The summed E-state index contributed by atoms with van der Waals surface area (Å²) in [4.78, 5) is 0. The molecule has 0 aromatic heterocycles. The van der Waals surface area contributed by atoms with E-state index >= 15 is 0 Å². The molecule has 1 aromatic carbocycles. The van der Waals surface area contributed by atoms with E-state index in [0.717, 1.165) is 5.70 Å². The summed E-state index contributed by atoms with van der Waals surface area (Å²) in [5.74, 6) is 0. The van der Waals surface area contributed by atoms with Gasteiger partial charge >= 0.3 is 0 Å². The minimum absolute atomic E-state index is 1.12. The lowest BCUT2D eigenvalue weighted by Gasteiger charge is -2.17. The third kappa shape index (κ3) is 5.23. The first kappa shape index (κ1) is 20.0. The van der Waals surface area contributed by atoms with Crippen LogP contribution in [0.2, 0.25) is 0 Å². The van der Waals surface area contributed by atoms with Crippen LogP contribution in [-0.4, -0.2) is 24.9 Å². The molecular formula is C22H33N2+. The first-order valence-electron chi connectivity index (χ1n) is 8.55. The van der Waals surface area contributed by atoms with Crippen molar-refractivity contribution < 1.29 is 4.58 Å². The zero-order chi connectivity index (χ0) is 18.4. The molecule has 0 radical (unpaired) electrons. The van der Waals surface area contributed by atoms with Crippen molar-refractivity contribution in [3.05, 3.63) is 63.4 Å². The summed E-state index contributed by atoms with van der Waals surface area (Å²) in [7, 11) is 4.10. The second kappa shape index (κ2) is 8.68. The van der Waals surface area contributed by atoms with Crippen LogP contribution >= 0.6 is 0 Å². The highest BCUT2D eigenvalue weighted by atomic mass is 14.9. The summed E-state index contributed by atoms with van der Waals surface area (Å²) < 4.78 is 2.08. The van der Waals surface area contributed by atoms with Gasteiger partial charge in [-0.05, 0) is 82.9 Å². The number of allylic oxidation sites excluding steroid dienone is 5. The van der Waals surface area contributed by atoms with Crippen LogP contribution in [0, 0.1) is 27.7 Å². The van der Waals surface area contributed by atoms with Crippen molar-refractivity contribution in [2.75, 3.05) is 19.4 Å². The predicted octanol–water partition coefficient (Wildman–Crippen LogP) is 5.47. The molecule has 0 saturated carbocycles. The molecule has 0 saturated heterocycles. The molecule has 0 heterocycles. The highest BCUT2D eigenvalue weighted by Gasteiger charge is 2.10. The number of nitrogens with one attached hydrogen (secondary N) is 1. The van der Waals surface area contributed by atoms with Gasteiger partial charge < -0.3 is 5.32 Å². The van der Waals surface area contributed by atoms with Crippen molar-refractivity contribution >= 4 is 11.9 Å². The summed E-state index contributed by atoms with van der Waals surface area (Å²) in [5, 5.41) is 3.67. The van der Waals surface area contributed by atoms with E-state index in [0.29, 0.717) is 0 Å². The van der Waals surface area contributed by atoms with Gasteiger partial charge in [0.05, 0.1) is 11.3 Å². The third-order valence-corrected chi connectivity index (χ3v) is 4.24. The van der Waals surface area contributed by atoms with Gasteiger partial charge in [-0.25, -0.2) is 4.58 Å². The Morgan fingerprint density at radius 1 is 1.00 bits per heavy atom. The Morgan fingerprint density at radius 2 is 1.62 bits per heavy atom. The largest absolute Gasteiger partial charge is 0.355 e. The molecule has 0 bridgehead atoms. The van der Waals surface area contributed by atoms with E-state index in [4.69, 9.17) is 0 Å². The topological polar surface area (TPSA) is 15.0 Å². The van der Waals surface area contributed by atoms with E-state index in [2.05, 4.69) is 103 Å². The molecule has 130 valence electrons. The monoisotopic (exact) mass is 325 g/mol. The first-order valence-corrected chi connectivity index (χ1v) is 8.55. The predicted molar refractivity (Wildman–Crippen MR) is 108 cm³/mol. The summed E-state index contributed by atoms with van der Waals surface area (Å²) in [6, 6.07) is 2.25. The van der Waals surface area contributed by atoms with Crippen LogP contribution in [-0.2, 0) is 0 Å². The Balaban J connectivity index is 3.56. The van der Waals surface area contributed by atoms with E-state index < -0.39 is 0 Å². The Kier molecular flexibility index (Phi) is 7.21. The minimum atomic E-state index is 1.12. The molecule has 0 unspecified atom stereocenters. The highest BCUT2D eigenvalue weighted by molar-refractivity contribution is 5.82. The van der Waals surface area contributed by atoms with Gasteiger partial charge in [-0.3, -0.25) is 0 Å². The standard InChI is InChI=1S/C22H32N2/c1-10-11-20(14-24(8)9)22(12-15(2)3)23-21-13-16(4)17(5)18(6)19(21)7/h10-14H,1-9H3/p+1. The van der Waals surface area contributed by atoms with E-state index in [1.807, 2.05) is 0 Å². The van der Waals surface area contributed by atoms with Crippen LogP contribution in [0.15, 0.2) is 41.1 Å². The summed E-state index contributed by atoms with van der Waals surface area (Å²) >= 11 is 0. The zero-order valence-corrected chi connectivity index (χ0v) is 16.8. The van der Waals surface area contributed by atoms with Crippen LogP contribution < -0.4 is 5.32 Å². The molecular weight excluding hydrogens is 292 g/mol. The number of hydrogen-bond donors (Lipinski definition) is 1. The first-order chi connectivity index (χ1) is 11.2. The van der Waals surface area contributed by atoms with Crippen LogP contribution in [0.3, 0.4) is 0 Å². The second-order valence-electron chi connectivity index (χ2n) is 6.92. The second-order valence-corrected chi connectivity index (χ2v) is 6.92. The van der Waals surface area contributed by atoms with E-state index in [1.54, 1.807) is 0 Å². The lowest BCUT2D eigenvalue weighted by Crippen LogP contribution is -2.09. The smallest absolute Gasteiger partial charge is 0.172 e. The van der Waals surface area contributed by atoms with Crippen LogP contribution in [0.4, 0.5) is 5.69 Å². The van der Waals surface area contributed by atoms with Crippen molar-refractivity contribution in [1.82, 2.24) is 0 Å². The Labute approximate surface area is 148 Å². The van der Waals surface area contributed by atoms with Crippen molar-refractivity contribution in [2.24, 2.45) is 0 Å². The van der Waals surface area contributed by atoms with Gasteiger partial charge in [0.2, 0.25) is 0 Å². The van der Waals surface area contributed by atoms with Crippen molar-refractivity contribution in [3.8, 4) is 0 Å². The van der Waals surface area contributed by atoms with E-state index in [1.165, 1.54) is 39.1 Å². The van der Waals surface area contributed by atoms with Crippen molar-refractivity contribution in [1.29, 1.82) is 0 Å². The number of benzene rings is 1. The number of aryl methyl sites for hydroxylation is 1. The highest BCUT2D eigenvalue weighted by Crippen LogP contribution is 2.27. The maximum Gasteiger partial charge on any atom is 0.172 e. The minimum Gasteiger partial charge on any atom is -0.355 e. The molecule has 2 heteroatoms. The Hall–Kier alpha value is -2.09. The fourth-order valence-electron chi connectivity index (χ4n) is 2.63. The molecule has 24 heavy (non-hydrogen) atoms. The van der Waals surface area contributed by atoms with Gasteiger partial charge in [0.1, 0.15) is 14.1 Å². The number of nitrogens with zero attached hydrogens (tertiary/aromatic N) is 1. The maximum atomic E-state index is 3.67. The molecule has 0 amide bonds. The quantitative estimate of drug-likeness (QED) is 0.431. The average Bonchev–Trinajstić information content (AvgIpc) is 2.48. The van der Waals surface area contributed by atoms with E-state index in [9.17, 15) is 0 Å². The number of anilines is 1. The van der Waals surface area contributed by atoms with Gasteiger partial charge in [0, 0.05) is 5.69 Å². The summed E-state index contributed by atoms with van der Waals surface area (Å²) in [6.07, 6.45) is 8.57. The zero-order valence-electron chi connectivity index (χ0n) is 16.8. The molecule has 0 aliphatic rings. The Bertz CT molecular complexity index is 721. The van der Waals surface area contributed by atoms with Crippen molar-refractivity contribution in [3.63, 3.8) is 0 Å². The summed E-state index contributed by atoms with van der Waals surface area (Å²) in [6.45, 7) is 15.1. The van der Waals surface area contributed by atoms with Gasteiger partial charge in [-0.1, -0.05) is 17.7 Å². The Morgan fingerprint density at radius 3 is 2.12 bits per heavy atom. The fourth-order valence-corrected chi connectivity index (χ4v) is 2.63. The molecule has 1 aromatic rings. The lowest BCUT2D eigenvalue weighted by molar-refractivity contribution is -0.458. The average molecular weight is 326 g/mol. The molecule has 0 aliphatic heterocycles. The van der Waals surface area contributed by atoms with Gasteiger partial charge in [0.25, 0.3) is 0 Å². The number of rotatable bonds is 5. The third-order valence-electron chi connectivity index (χ3n) is 4.24. The van der Waals surface area contributed by atoms with Gasteiger partial charge in [0.15, 0.2) is 6.21 Å². The normalized spacial score (nSPS) is 12.0. The molecule has 1 rings (SSSR count). The lowest BCUT2D eigenvalue weighted by atomic mass is 9.97. The molecule has 1 N–H and O–H groups in total.